The lowest BCUT2D eigenvalue weighted by atomic mass is 10.00. The second-order valence-electron chi connectivity index (χ2n) is 14.7. The van der Waals surface area contributed by atoms with Gasteiger partial charge in [0, 0.05) is 6.61 Å². The minimum absolute atomic E-state index is 0.00324. The molecule has 1 unspecified atom stereocenters. The number of hydrogen-bond acceptors (Lipinski definition) is 13. The van der Waals surface area contributed by atoms with Crippen molar-refractivity contribution in [1.29, 1.82) is 0 Å². The van der Waals surface area contributed by atoms with Crippen LogP contribution in [-0.2, 0) is 61.6 Å². The van der Waals surface area contributed by atoms with Crippen LogP contribution < -0.4 is 0 Å². The highest BCUT2D eigenvalue weighted by molar-refractivity contribution is 5.72. The Morgan fingerprint density at radius 2 is 0.525 bits per heavy atom. The molecule has 0 aliphatic rings. The van der Waals surface area contributed by atoms with Crippen molar-refractivity contribution in [1.82, 2.24) is 0 Å². The fourth-order valence-corrected chi connectivity index (χ4v) is 5.96. The zero-order chi connectivity index (χ0) is 42.6. The molecule has 1 atom stereocenters. The molecule has 0 aromatic heterocycles. The molecule has 0 radical (unpaired) electrons. The van der Waals surface area contributed by atoms with E-state index in [1.807, 2.05) is 6.92 Å². The van der Waals surface area contributed by atoms with Gasteiger partial charge in [-0.3, -0.25) is 4.79 Å². The monoisotopic (exact) mass is 853 g/mol. The number of hydrogen-bond donors (Lipinski definition) is 0. The van der Waals surface area contributed by atoms with Crippen LogP contribution in [0.1, 0.15) is 136 Å². The molecule has 0 N–H and O–H groups in total. The highest BCUT2D eigenvalue weighted by atomic mass is 16.6. The van der Waals surface area contributed by atoms with Crippen LogP contribution >= 0.6 is 0 Å². The molecule has 0 fully saturated rings. The summed E-state index contributed by atoms with van der Waals surface area (Å²) < 4.78 is 66.2. The maximum atomic E-state index is 12.0. The first-order valence-corrected chi connectivity index (χ1v) is 23.8. The Morgan fingerprint density at radius 1 is 0.288 bits per heavy atom. The van der Waals surface area contributed by atoms with Crippen molar-refractivity contribution >= 4 is 5.97 Å². The summed E-state index contributed by atoms with van der Waals surface area (Å²) in [7, 11) is 0. The smallest absolute Gasteiger partial charge is 0.308 e. The van der Waals surface area contributed by atoms with Gasteiger partial charge in [0.25, 0.3) is 0 Å². The minimum atomic E-state index is -0.118. The standard InChI is InChI=1S/C46H92O13/c1-4-7-9-10-11-12-13-14-15-16-17-18-19-20-22-48-23-24-49-25-26-50-27-28-51-29-30-52-31-32-53-33-34-54-35-36-55-37-38-56-39-40-57-41-42-58-43-44-59-46(47)45(6-3)21-8-5-2/h45H,4-44H2,1-3H3. The molecule has 354 valence electrons. The summed E-state index contributed by atoms with van der Waals surface area (Å²) >= 11 is 0. The molecule has 0 bridgehead atoms. The van der Waals surface area contributed by atoms with Crippen LogP contribution in [0.3, 0.4) is 0 Å². The van der Waals surface area contributed by atoms with Crippen LogP contribution in [0.15, 0.2) is 0 Å². The second kappa shape index (κ2) is 53.2. The molecule has 0 aromatic rings. The van der Waals surface area contributed by atoms with Gasteiger partial charge in [0.15, 0.2) is 0 Å². The molecular weight excluding hydrogens is 760 g/mol. The molecule has 0 saturated heterocycles. The Bertz CT molecular complexity index is 779. The number of ether oxygens (including phenoxy) is 12. The van der Waals surface area contributed by atoms with Gasteiger partial charge in [-0.05, 0) is 19.3 Å². The lowest BCUT2D eigenvalue weighted by molar-refractivity contribution is -0.150. The van der Waals surface area contributed by atoms with Crippen molar-refractivity contribution < 1.29 is 61.6 Å². The van der Waals surface area contributed by atoms with Gasteiger partial charge < -0.3 is 56.8 Å². The van der Waals surface area contributed by atoms with E-state index in [0.29, 0.717) is 139 Å². The first-order valence-electron chi connectivity index (χ1n) is 23.8. The average molecular weight is 853 g/mol. The lowest BCUT2D eigenvalue weighted by Crippen LogP contribution is -2.20. The Morgan fingerprint density at radius 3 is 0.797 bits per heavy atom. The van der Waals surface area contributed by atoms with Crippen molar-refractivity contribution in [2.24, 2.45) is 5.92 Å². The number of rotatable bonds is 53. The number of carbonyl (C=O) groups is 1. The van der Waals surface area contributed by atoms with Crippen LogP contribution in [0.2, 0.25) is 0 Å². The van der Waals surface area contributed by atoms with Gasteiger partial charge in [-0.25, -0.2) is 0 Å². The molecule has 13 nitrogen and oxygen atoms in total. The summed E-state index contributed by atoms with van der Waals surface area (Å²) in [6.07, 6.45) is 23.1. The fraction of sp³-hybridized carbons (Fsp3) is 0.978. The zero-order valence-corrected chi connectivity index (χ0v) is 38.4. The molecule has 0 rings (SSSR count). The van der Waals surface area contributed by atoms with Gasteiger partial charge in [0.05, 0.1) is 145 Å². The predicted octanol–water partition coefficient (Wildman–Crippen LogP) is 8.41. The van der Waals surface area contributed by atoms with Crippen molar-refractivity contribution in [2.45, 2.75) is 136 Å². The molecule has 0 aliphatic carbocycles. The molecular formula is C46H92O13. The topological polar surface area (TPSA) is 128 Å². The van der Waals surface area contributed by atoms with Crippen LogP contribution in [-0.4, -0.2) is 158 Å². The van der Waals surface area contributed by atoms with E-state index in [4.69, 9.17) is 56.8 Å². The van der Waals surface area contributed by atoms with Crippen molar-refractivity contribution in [3.05, 3.63) is 0 Å². The molecule has 0 saturated carbocycles. The first kappa shape index (κ1) is 58.0. The van der Waals surface area contributed by atoms with Gasteiger partial charge >= 0.3 is 5.97 Å². The molecule has 0 spiro atoms. The maximum Gasteiger partial charge on any atom is 0.308 e. The van der Waals surface area contributed by atoms with Crippen molar-refractivity contribution in [2.75, 3.05) is 152 Å². The molecule has 59 heavy (non-hydrogen) atoms. The first-order chi connectivity index (χ1) is 29.3. The molecule has 0 heterocycles. The normalized spacial score (nSPS) is 12.1. The molecule has 0 aromatic carbocycles. The van der Waals surface area contributed by atoms with Gasteiger partial charge in [-0.15, -0.1) is 0 Å². The SMILES string of the molecule is CCCCCCCCCCCCCCCCOCCOCCOCCOCCOCCOCCOCCOCCOCCOCCOCCOC(=O)C(CC)CCCC. The summed E-state index contributed by atoms with van der Waals surface area (Å²) in [5.41, 5.74) is 0. The third kappa shape index (κ3) is 49.6. The highest BCUT2D eigenvalue weighted by Gasteiger charge is 2.17. The third-order valence-electron chi connectivity index (χ3n) is 9.57. The summed E-state index contributed by atoms with van der Waals surface area (Å²) in [4.78, 5) is 12.0. The average Bonchev–Trinajstić information content (AvgIpc) is 3.24. The van der Waals surface area contributed by atoms with Gasteiger partial charge in [-0.2, -0.15) is 0 Å². The van der Waals surface area contributed by atoms with Crippen LogP contribution in [0.25, 0.3) is 0 Å². The minimum Gasteiger partial charge on any atom is -0.463 e. The van der Waals surface area contributed by atoms with E-state index in [0.717, 1.165) is 38.7 Å². The maximum absolute atomic E-state index is 12.0. The van der Waals surface area contributed by atoms with Gasteiger partial charge in [-0.1, -0.05) is 117 Å². The van der Waals surface area contributed by atoms with Crippen LogP contribution in [0.4, 0.5) is 0 Å². The number of unbranched alkanes of at least 4 members (excludes halogenated alkanes) is 14. The molecule has 13 heteroatoms. The van der Waals surface area contributed by atoms with E-state index in [2.05, 4.69) is 13.8 Å². The van der Waals surface area contributed by atoms with E-state index in [9.17, 15) is 4.79 Å². The van der Waals surface area contributed by atoms with Gasteiger partial charge in [0.2, 0.25) is 0 Å². The van der Waals surface area contributed by atoms with Crippen LogP contribution in [0.5, 0.6) is 0 Å². The molecule has 0 amide bonds. The third-order valence-corrected chi connectivity index (χ3v) is 9.57. The lowest BCUT2D eigenvalue weighted by Gasteiger charge is -2.13. The van der Waals surface area contributed by atoms with E-state index < -0.39 is 0 Å². The highest BCUT2D eigenvalue weighted by Crippen LogP contribution is 2.15. The van der Waals surface area contributed by atoms with Crippen molar-refractivity contribution in [3.8, 4) is 0 Å². The summed E-state index contributed by atoms with van der Waals surface area (Å²) in [6.45, 7) is 18.3. The zero-order valence-electron chi connectivity index (χ0n) is 38.4. The van der Waals surface area contributed by atoms with Crippen LogP contribution in [0, 0.1) is 5.92 Å². The number of esters is 1. The Kier molecular flexibility index (Phi) is 52.3. The van der Waals surface area contributed by atoms with E-state index in [1.165, 1.54) is 83.5 Å². The summed E-state index contributed by atoms with van der Waals surface area (Å²) in [5.74, 6) is -0.121. The quantitative estimate of drug-likeness (QED) is 0.0430. The Hall–Kier alpha value is -0.970. The molecule has 0 aliphatic heterocycles. The largest absolute Gasteiger partial charge is 0.463 e. The van der Waals surface area contributed by atoms with E-state index >= 15 is 0 Å². The number of carbonyl (C=O) groups excluding carboxylic acids is 1. The fourth-order valence-electron chi connectivity index (χ4n) is 5.96. The second-order valence-corrected chi connectivity index (χ2v) is 14.7. The van der Waals surface area contributed by atoms with E-state index in [1.54, 1.807) is 0 Å². The Labute approximate surface area is 361 Å². The predicted molar refractivity (Wildman–Crippen MR) is 234 cm³/mol. The van der Waals surface area contributed by atoms with Crippen molar-refractivity contribution in [3.63, 3.8) is 0 Å². The van der Waals surface area contributed by atoms with Gasteiger partial charge in [0.1, 0.15) is 6.61 Å². The summed E-state index contributed by atoms with van der Waals surface area (Å²) in [6, 6.07) is 0. The summed E-state index contributed by atoms with van der Waals surface area (Å²) in [5, 5.41) is 0. The Balaban J connectivity index is 3.12. The van der Waals surface area contributed by atoms with E-state index in [-0.39, 0.29) is 18.5 Å².